The van der Waals surface area contributed by atoms with Gasteiger partial charge in [0.05, 0.1) is 18.4 Å². The summed E-state index contributed by atoms with van der Waals surface area (Å²) in [5, 5.41) is 4.45. The van der Waals surface area contributed by atoms with Crippen molar-refractivity contribution in [2.45, 2.75) is 13.1 Å². The average Bonchev–Trinajstić information content (AvgIpc) is 2.50. The highest BCUT2D eigenvalue weighted by molar-refractivity contribution is 6.30. The number of aromatic nitrogens is 1. The summed E-state index contributed by atoms with van der Waals surface area (Å²) in [5.41, 5.74) is 2.37. The molecular weight excluding hydrogens is 331 g/mol. The Labute approximate surface area is 135 Å². The van der Waals surface area contributed by atoms with E-state index in [0.717, 1.165) is 12.3 Å². The van der Waals surface area contributed by atoms with E-state index in [2.05, 4.69) is 15.5 Å². The molecule has 0 bridgehead atoms. The molecule has 23 heavy (non-hydrogen) atoms. The van der Waals surface area contributed by atoms with E-state index in [0.29, 0.717) is 22.9 Å². The Morgan fingerprint density at radius 1 is 1.30 bits per heavy atom. The molecule has 122 valence electrons. The maximum Gasteiger partial charge on any atom is 0.417 e. The van der Waals surface area contributed by atoms with Crippen molar-refractivity contribution in [2.24, 2.45) is 5.10 Å². The second-order valence-electron chi connectivity index (χ2n) is 4.42. The van der Waals surface area contributed by atoms with E-state index in [4.69, 9.17) is 16.3 Å². The third-order valence-corrected chi connectivity index (χ3v) is 2.98. The van der Waals surface area contributed by atoms with Crippen LogP contribution in [0.15, 0.2) is 41.6 Å². The van der Waals surface area contributed by atoms with E-state index in [-0.39, 0.29) is 5.82 Å². The molecular formula is C15H13ClF3N3O. The fourth-order valence-electron chi connectivity index (χ4n) is 1.70. The molecule has 4 nitrogen and oxygen atoms in total. The summed E-state index contributed by atoms with van der Waals surface area (Å²) in [6, 6.07) is 7.19. The summed E-state index contributed by atoms with van der Waals surface area (Å²) in [7, 11) is 0. The summed E-state index contributed by atoms with van der Waals surface area (Å²) in [6.07, 6.45) is -2.22. The summed E-state index contributed by atoms with van der Waals surface area (Å²) in [6.45, 7) is 2.33. The highest BCUT2D eigenvalue weighted by Gasteiger charge is 2.30. The van der Waals surface area contributed by atoms with Gasteiger partial charge < -0.3 is 4.74 Å². The lowest BCUT2D eigenvalue weighted by Crippen LogP contribution is -2.05. The van der Waals surface area contributed by atoms with Gasteiger partial charge in [-0.15, -0.1) is 0 Å². The quantitative estimate of drug-likeness (QED) is 0.637. The lowest BCUT2D eigenvalue weighted by molar-refractivity contribution is -0.137. The minimum Gasteiger partial charge on any atom is -0.493 e. The molecule has 0 atom stereocenters. The summed E-state index contributed by atoms with van der Waals surface area (Å²) < 4.78 is 42.7. The number of benzene rings is 1. The number of hydrazone groups is 1. The highest BCUT2D eigenvalue weighted by Crippen LogP contribution is 2.28. The second-order valence-corrected chi connectivity index (χ2v) is 4.85. The number of nitrogens with zero attached hydrogens (tertiary/aromatic N) is 2. The van der Waals surface area contributed by atoms with Crippen LogP contribution in [0.3, 0.4) is 0 Å². The molecule has 1 aromatic carbocycles. The number of rotatable bonds is 5. The van der Waals surface area contributed by atoms with Crippen LogP contribution in [0, 0.1) is 0 Å². The minimum absolute atomic E-state index is 0.189. The summed E-state index contributed by atoms with van der Waals surface area (Å²) >= 11 is 5.92. The van der Waals surface area contributed by atoms with Crippen molar-refractivity contribution >= 4 is 23.6 Å². The molecule has 1 N–H and O–H groups in total. The third-order valence-electron chi connectivity index (χ3n) is 2.75. The lowest BCUT2D eigenvalue weighted by Gasteiger charge is -2.07. The maximum absolute atomic E-state index is 12.4. The van der Waals surface area contributed by atoms with Gasteiger partial charge in [-0.25, -0.2) is 4.98 Å². The molecule has 0 spiro atoms. The zero-order valence-corrected chi connectivity index (χ0v) is 12.8. The first kappa shape index (κ1) is 17.1. The maximum atomic E-state index is 12.4. The molecule has 0 radical (unpaired) electrons. The van der Waals surface area contributed by atoms with Crippen molar-refractivity contribution in [3.8, 4) is 5.75 Å². The van der Waals surface area contributed by atoms with Crippen LogP contribution in [0.5, 0.6) is 5.75 Å². The number of ether oxygens (including phenoxy) is 1. The van der Waals surface area contributed by atoms with Crippen molar-refractivity contribution in [3.05, 3.63) is 52.7 Å². The molecule has 0 aliphatic rings. The zero-order chi connectivity index (χ0) is 16.9. The first-order valence-electron chi connectivity index (χ1n) is 6.65. The number of pyridine rings is 1. The fourth-order valence-corrected chi connectivity index (χ4v) is 1.88. The number of alkyl halides is 3. The molecule has 0 aliphatic carbocycles. The monoisotopic (exact) mass is 343 g/mol. The fraction of sp³-hybridized carbons (Fsp3) is 0.200. The van der Waals surface area contributed by atoms with Crippen molar-refractivity contribution in [1.29, 1.82) is 0 Å². The standard InChI is InChI=1S/C15H13ClF3N3O/c1-2-23-13-5-4-12(16)7-10(13)8-21-22-14-6-3-11(9-20-14)15(17,18)19/h3-9H,2H2,1H3,(H,20,22)/b21-8+. The lowest BCUT2D eigenvalue weighted by atomic mass is 10.2. The third kappa shape index (κ3) is 4.85. The van der Waals surface area contributed by atoms with Gasteiger partial charge in [-0.3, -0.25) is 5.43 Å². The number of nitrogens with one attached hydrogen (secondary N) is 1. The Hall–Kier alpha value is -2.28. The van der Waals surface area contributed by atoms with Crippen LogP contribution in [-0.4, -0.2) is 17.8 Å². The Morgan fingerprint density at radius 2 is 2.09 bits per heavy atom. The molecule has 8 heteroatoms. The van der Waals surface area contributed by atoms with E-state index in [9.17, 15) is 13.2 Å². The Morgan fingerprint density at radius 3 is 2.70 bits per heavy atom. The van der Waals surface area contributed by atoms with Gasteiger partial charge in [0.1, 0.15) is 11.6 Å². The van der Waals surface area contributed by atoms with Gasteiger partial charge in [0.2, 0.25) is 0 Å². The van der Waals surface area contributed by atoms with E-state index >= 15 is 0 Å². The molecule has 1 heterocycles. The molecule has 0 aliphatic heterocycles. The SMILES string of the molecule is CCOc1ccc(Cl)cc1/C=N/Nc1ccc(C(F)(F)F)cn1. The number of anilines is 1. The van der Waals surface area contributed by atoms with Gasteiger partial charge in [0.25, 0.3) is 0 Å². The normalized spacial score (nSPS) is 11.7. The van der Waals surface area contributed by atoms with Gasteiger partial charge in [-0.05, 0) is 37.3 Å². The van der Waals surface area contributed by atoms with Gasteiger partial charge in [0.15, 0.2) is 0 Å². The van der Waals surface area contributed by atoms with Gasteiger partial charge in [-0.1, -0.05) is 11.6 Å². The smallest absolute Gasteiger partial charge is 0.417 e. The Balaban J connectivity index is 2.08. The summed E-state index contributed by atoms with van der Waals surface area (Å²) in [4.78, 5) is 3.65. The van der Waals surface area contributed by atoms with E-state index in [1.807, 2.05) is 6.92 Å². The van der Waals surface area contributed by atoms with E-state index < -0.39 is 11.7 Å². The van der Waals surface area contributed by atoms with Gasteiger partial charge in [-0.2, -0.15) is 18.3 Å². The Kier molecular flexibility index (Phi) is 5.44. The van der Waals surface area contributed by atoms with Gasteiger partial charge >= 0.3 is 6.18 Å². The molecule has 0 saturated heterocycles. The molecule has 2 rings (SSSR count). The number of hydrogen-bond donors (Lipinski definition) is 1. The van der Waals surface area contributed by atoms with Crippen LogP contribution in [0.1, 0.15) is 18.1 Å². The van der Waals surface area contributed by atoms with Crippen molar-refractivity contribution in [1.82, 2.24) is 4.98 Å². The molecule has 2 aromatic rings. The van der Waals surface area contributed by atoms with Crippen molar-refractivity contribution < 1.29 is 17.9 Å². The van der Waals surface area contributed by atoms with Crippen molar-refractivity contribution in [2.75, 3.05) is 12.0 Å². The topological polar surface area (TPSA) is 46.5 Å². The van der Waals surface area contributed by atoms with Crippen LogP contribution in [0.25, 0.3) is 0 Å². The van der Waals surface area contributed by atoms with E-state index in [1.54, 1.807) is 18.2 Å². The van der Waals surface area contributed by atoms with Crippen LogP contribution >= 0.6 is 11.6 Å². The molecule has 0 amide bonds. The molecule has 1 aromatic heterocycles. The van der Waals surface area contributed by atoms with Crippen LogP contribution in [0.2, 0.25) is 5.02 Å². The van der Waals surface area contributed by atoms with Crippen LogP contribution in [0.4, 0.5) is 19.0 Å². The second kappa shape index (κ2) is 7.32. The zero-order valence-electron chi connectivity index (χ0n) is 12.1. The van der Waals surface area contributed by atoms with Crippen LogP contribution < -0.4 is 10.2 Å². The largest absolute Gasteiger partial charge is 0.493 e. The van der Waals surface area contributed by atoms with Crippen molar-refractivity contribution in [3.63, 3.8) is 0 Å². The molecule has 0 saturated carbocycles. The molecule has 0 unspecified atom stereocenters. The predicted molar refractivity (Wildman–Crippen MR) is 83.1 cm³/mol. The highest BCUT2D eigenvalue weighted by atomic mass is 35.5. The number of halogens is 4. The Bertz CT molecular complexity index is 687. The first-order chi connectivity index (χ1) is 10.9. The predicted octanol–water partition coefficient (Wildman–Crippen LogP) is 4.60. The minimum atomic E-state index is -4.41. The first-order valence-corrected chi connectivity index (χ1v) is 7.02. The van der Waals surface area contributed by atoms with Gasteiger partial charge in [0, 0.05) is 16.8 Å². The van der Waals surface area contributed by atoms with E-state index in [1.165, 1.54) is 12.3 Å². The average molecular weight is 344 g/mol. The molecule has 0 fully saturated rings. The van der Waals surface area contributed by atoms with Crippen LogP contribution in [-0.2, 0) is 6.18 Å². The number of hydrogen-bond acceptors (Lipinski definition) is 4. The summed E-state index contributed by atoms with van der Waals surface area (Å²) in [5.74, 6) is 0.789.